The summed E-state index contributed by atoms with van der Waals surface area (Å²) in [5, 5.41) is 2.53. The van der Waals surface area contributed by atoms with Gasteiger partial charge in [-0.15, -0.1) is 0 Å². The Morgan fingerprint density at radius 2 is 1.60 bits per heavy atom. The Morgan fingerprint density at radius 3 is 2.30 bits per heavy atom. The van der Waals surface area contributed by atoms with Crippen LogP contribution in [0, 0.1) is 20.8 Å². The highest BCUT2D eigenvalue weighted by Gasteiger charge is 2.22. The van der Waals surface area contributed by atoms with E-state index in [1.807, 2.05) is 0 Å². The highest BCUT2D eigenvalue weighted by atomic mass is 16.3. The molecule has 3 aromatic rings. The molecule has 20 heavy (non-hydrogen) atoms. The van der Waals surface area contributed by atoms with Gasteiger partial charge in [0.1, 0.15) is 0 Å². The number of aryl methyl sites for hydroxylation is 3. The number of benzene rings is 2. The van der Waals surface area contributed by atoms with E-state index in [2.05, 4.69) is 65.0 Å². The predicted molar refractivity (Wildman–Crippen MR) is 86.4 cm³/mol. The van der Waals surface area contributed by atoms with Crippen molar-refractivity contribution in [3.05, 3.63) is 52.6 Å². The molecule has 0 aliphatic rings. The molecular formula is C19H21O+. The maximum Gasteiger partial charge on any atom is 0.361 e. The molecule has 0 N–H and O–H groups in total. The van der Waals surface area contributed by atoms with Gasteiger partial charge in [-0.25, -0.2) is 4.42 Å². The van der Waals surface area contributed by atoms with Crippen molar-refractivity contribution < 1.29 is 4.42 Å². The molecular weight excluding hydrogens is 244 g/mol. The smallest absolute Gasteiger partial charge is 0.207 e. The second kappa shape index (κ2) is 4.59. The molecule has 0 saturated carbocycles. The SMILES string of the molecule is Cc1cc(C)c2c(C(C)C)c3cc(C)ccc3[o+]c2c1. The summed E-state index contributed by atoms with van der Waals surface area (Å²) < 4.78 is 6.15. The standard InChI is InChI=1S/C19H21O/c1-11(2)18-15-9-12(3)6-7-16(15)20-17-10-13(4)8-14(5)19(17)18/h6-11H,1-5H3/q+1. The van der Waals surface area contributed by atoms with Crippen LogP contribution in [0.1, 0.15) is 42.0 Å². The largest absolute Gasteiger partial charge is 0.361 e. The zero-order valence-electron chi connectivity index (χ0n) is 12.9. The van der Waals surface area contributed by atoms with E-state index in [9.17, 15) is 0 Å². The fraction of sp³-hybridized carbons (Fsp3) is 0.316. The van der Waals surface area contributed by atoms with Crippen LogP contribution in [-0.4, -0.2) is 0 Å². The van der Waals surface area contributed by atoms with Crippen LogP contribution in [0.4, 0.5) is 0 Å². The van der Waals surface area contributed by atoms with Crippen LogP contribution in [0.25, 0.3) is 21.9 Å². The van der Waals surface area contributed by atoms with Crippen molar-refractivity contribution in [1.29, 1.82) is 0 Å². The van der Waals surface area contributed by atoms with Crippen LogP contribution in [0.3, 0.4) is 0 Å². The second-order valence-corrected chi connectivity index (χ2v) is 6.13. The van der Waals surface area contributed by atoms with E-state index in [1.54, 1.807) is 0 Å². The molecule has 1 heteroatoms. The molecule has 0 aliphatic carbocycles. The molecule has 0 saturated heterocycles. The Kier molecular flexibility index (Phi) is 3.01. The van der Waals surface area contributed by atoms with Gasteiger partial charge >= 0.3 is 11.2 Å². The monoisotopic (exact) mass is 265 g/mol. The summed E-state index contributed by atoms with van der Waals surface area (Å²) in [6.45, 7) is 11.0. The Hall–Kier alpha value is -1.89. The van der Waals surface area contributed by atoms with Gasteiger partial charge in [-0.1, -0.05) is 19.9 Å². The fourth-order valence-electron chi connectivity index (χ4n) is 3.15. The highest BCUT2D eigenvalue weighted by Crippen LogP contribution is 2.36. The Morgan fingerprint density at radius 1 is 0.850 bits per heavy atom. The molecule has 102 valence electrons. The molecule has 3 rings (SSSR count). The van der Waals surface area contributed by atoms with Crippen molar-refractivity contribution >= 4 is 21.9 Å². The molecule has 1 nitrogen and oxygen atoms in total. The van der Waals surface area contributed by atoms with Crippen LogP contribution >= 0.6 is 0 Å². The summed E-state index contributed by atoms with van der Waals surface area (Å²) >= 11 is 0. The van der Waals surface area contributed by atoms with Crippen molar-refractivity contribution in [3.8, 4) is 0 Å². The van der Waals surface area contributed by atoms with Crippen molar-refractivity contribution in [3.63, 3.8) is 0 Å². The van der Waals surface area contributed by atoms with Crippen LogP contribution in [0.2, 0.25) is 0 Å². The summed E-state index contributed by atoms with van der Waals surface area (Å²) in [4.78, 5) is 0. The lowest BCUT2D eigenvalue weighted by atomic mass is 9.91. The van der Waals surface area contributed by atoms with Gasteiger partial charge < -0.3 is 0 Å². The zero-order valence-corrected chi connectivity index (χ0v) is 12.9. The third kappa shape index (κ3) is 1.98. The molecule has 0 unspecified atom stereocenters. The third-order valence-electron chi connectivity index (χ3n) is 3.94. The van der Waals surface area contributed by atoms with Crippen LogP contribution < -0.4 is 0 Å². The van der Waals surface area contributed by atoms with E-state index in [4.69, 9.17) is 4.42 Å². The fourth-order valence-corrected chi connectivity index (χ4v) is 3.15. The van der Waals surface area contributed by atoms with Crippen LogP contribution in [0.5, 0.6) is 0 Å². The number of hydrogen-bond donors (Lipinski definition) is 0. The molecule has 1 aromatic heterocycles. The first-order valence-corrected chi connectivity index (χ1v) is 7.24. The molecule has 0 fully saturated rings. The summed E-state index contributed by atoms with van der Waals surface area (Å²) in [5.41, 5.74) is 7.22. The van der Waals surface area contributed by atoms with Gasteiger partial charge in [0, 0.05) is 12.1 Å². The van der Waals surface area contributed by atoms with Gasteiger partial charge in [-0.3, -0.25) is 0 Å². The summed E-state index contributed by atoms with van der Waals surface area (Å²) in [6, 6.07) is 10.8. The Labute approximate surface area is 120 Å². The van der Waals surface area contributed by atoms with Crippen molar-refractivity contribution in [2.45, 2.75) is 40.5 Å². The Bertz CT molecular complexity index is 813. The van der Waals surface area contributed by atoms with Gasteiger partial charge in [0.15, 0.2) is 0 Å². The average Bonchev–Trinajstić information content (AvgIpc) is 2.36. The number of fused-ring (bicyclic) bond motifs is 2. The molecule has 0 amide bonds. The first-order valence-electron chi connectivity index (χ1n) is 7.24. The van der Waals surface area contributed by atoms with Crippen molar-refractivity contribution in [2.24, 2.45) is 0 Å². The molecule has 0 bridgehead atoms. The van der Waals surface area contributed by atoms with E-state index < -0.39 is 0 Å². The highest BCUT2D eigenvalue weighted by molar-refractivity contribution is 5.97. The van der Waals surface area contributed by atoms with Gasteiger partial charge in [0.25, 0.3) is 0 Å². The zero-order chi connectivity index (χ0) is 14.4. The van der Waals surface area contributed by atoms with E-state index in [0.717, 1.165) is 11.2 Å². The molecule has 0 aliphatic heterocycles. The second-order valence-electron chi connectivity index (χ2n) is 6.13. The van der Waals surface area contributed by atoms with Crippen molar-refractivity contribution in [2.75, 3.05) is 0 Å². The lowest BCUT2D eigenvalue weighted by Gasteiger charge is -2.11. The topological polar surface area (TPSA) is 11.3 Å². The molecule has 1 heterocycles. The van der Waals surface area contributed by atoms with E-state index in [1.165, 1.54) is 33.0 Å². The maximum atomic E-state index is 6.15. The van der Waals surface area contributed by atoms with Gasteiger partial charge in [-0.05, 0) is 61.1 Å². The lowest BCUT2D eigenvalue weighted by Crippen LogP contribution is -1.95. The van der Waals surface area contributed by atoms with E-state index in [-0.39, 0.29) is 0 Å². The van der Waals surface area contributed by atoms with Crippen LogP contribution in [0.15, 0.2) is 34.7 Å². The third-order valence-corrected chi connectivity index (χ3v) is 3.94. The minimum atomic E-state index is 0.472. The summed E-state index contributed by atoms with van der Waals surface area (Å²) in [5.74, 6) is 0.472. The van der Waals surface area contributed by atoms with Crippen LogP contribution in [-0.2, 0) is 0 Å². The molecule has 2 aromatic carbocycles. The lowest BCUT2D eigenvalue weighted by molar-refractivity contribution is 0.656. The molecule has 0 radical (unpaired) electrons. The van der Waals surface area contributed by atoms with E-state index >= 15 is 0 Å². The van der Waals surface area contributed by atoms with Gasteiger partial charge in [0.2, 0.25) is 0 Å². The molecule has 0 spiro atoms. The quantitative estimate of drug-likeness (QED) is 0.393. The Balaban J connectivity index is 2.59. The van der Waals surface area contributed by atoms with Crippen molar-refractivity contribution in [1.82, 2.24) is 0 Å². The minimum Gasteiger partial charge on any atom is -0.207 e. The summed E-state index contributed by atoms with van der Waals surface area (Å²) in [6.07, 6.45) is 0. The van der Waals surface area contributed by atoms with E-state index in [0.29, 0.717) is 5.92 Å². The average molecular weight is 265 g/mol. The summed E-state index contributed by atoms with van der Waals surface area (Å²) in [7, 11) is 0. The first kappa shape index (κ1) is 13.1. The predicted octanol–water partition coefficient (Wildman–Crippen LogP) is 5.92. The van der Waals surface area contributed by atoms with Gasteiger partial charge in [-0.2, -0.15) is 0 Å². The number of hydrogen-bond acceptors (Lipinski definition) is 0. The first-order chi connectivity index (χ1) is 9.47. The minimum absolute atomic E-state index is 0.472. The van der Waals surface area contributed by atoms with Gasteiger partial charge in [0.05, 0.1) is 10.8 Å². The maximum absolute atomic E-state index is 6.15. The molecule has 0 atom stereocenters. The number of rotatable bonds is 1. The normalized spacial score (nSPS) is 11.7.